The molecule has 0 spiro atoms. The van der Waals surface area contributed by atoms with Crippen molar-refractivity contribution in [3.05, 3.63) is 0 Å². The highest BCUT2D eigenvalue weighted by Crippen LogP contribution is 2.48. The van der Waals surface area contributed by atoms with E-state index in [1.807, 2.05) is 18.7 Å². The second-order valence-electron chi connectivity index (χ2n) is 7.31. The van der Waals surface area contributed by atoms with Crippen molar-refractivity contribution in [2.24, 2.45) is 23.7 Å². The number of carboxylic acids is 1. The van der Waals surface area contributed by atoms with Crippen LogP contribution in [0, 0.1) is 23.7 Å². The Bertz CT molecular complexity index is 408. The number of nitrogens with zero attached hydrogens (tertiary/aromatic N) is 1. The highest BCUT2D eigenvalue weighted by atomic mass is 16.4. The molecule has 4 unspecified atom stereocenters. The van der Waals surface area contributed by atoms with Gasteiger partial charge in [0, 0.05) is 18.6 Å². The lowest BCUT2D eigenvalue weighted by Crippen LogP contribution is -2.53. The van der Waals surface area contributed by atoms with Gasteiger partial charge in [-0.3, -0.25) is 4.79 Å². The van der Waals surface area contributed by atoms with Crippen molar-refractivity contribution < 1.29 is 14.7 Å². The lowest BCUT2D eigenvalue weighted by Gasteiger charge is -2.34. The quantitative estimate of drug-likeness (QED) is 0.819. The molecule has 0 aromatic heterocycles. The third kappa shape index (κ3) is 3.33. The van der Waals surface area contributed by atoms with Crippen molar-refractivity contribution in [1.29, 1.82) is 0 Å². The summed E-state index contributed by atoms with van der Waals surface area (Å²) in [5.74, 6) is -0.176. The lowest BCUT2D eigenvalue weighted by molar-refractivity contribution is -0.144. The van der Waals surface area contributed by atoms with Crippen LogP contribution >= 0.6 is 0 Å². The van der Waals surface area contributed by atoms with Gasteiger partial charge in [0.25, 0.3) is 0 Å². The summed E-state index contributed by atoms with van der Waals surface area (Å²) in [6.45, 7) is 8.86. The number of fused-ring (bicyclic) bond motifs is 2. The maximum atomic E-state index is 12.5. The molecule has 2 aliphatic carbocycles. The Hall–Kier alpha value is -1.26. The van der Waals surface area contributed by atoms with E-state index in [-0.39, 0.29) is 24.0 Å². The van der Waals surface area contributed by atoms with Crippen LogP contribution in [0.2, 0.25) is 0 Å². The van der Waals surface area contributed by atoms with Crippen LogP contribution in [0.25, 0.3) is 0 Å². The predicted molar refractivity (Wildman–Crippen MR) is 81.0 cm³/mol. The molecule has 0 saturated heterocycles. The van der Waals surface area contributed by atoms with E-state index in [1.165, 1.54) is 0 Å². The fourth-order valence-corrected chi connectivity index (χ4v) is 4.00. The molecule has 5 nitrogen and oxygen atoms in total. The van der Waals surface area contributed by atoms with Crippen LogP contribution in [0.5, 0.6) is 0 Å². The second kappa shape index (κ2) is 6.24. The number of rotatable bonds is 5. The number of carboxylic acid groups (broad SMARTS) is 1. The molecule has 4 atom stereocenters. The predicted octanol–water partition coefficient (Wildman–Crippen LogP) is 2.56. The highest BCUT2D eigenvalue weighted by molar-refractivity contribution is 5.78. The molecule has 2 aliphatic rings. The van der Waals surface area contributed by atoms with Gasteiger partial charge < -0.3 is 15.3 Å². The van der Waals surface area contributed by atoms with E-state index in [0.29, 0.717) is 18.4 Å². The second-order valence-corrected chi connectivity index (χ2v) is 7.31. The highest BCUT2D eigenvalue weighted by Gasteiger charge is 2.51. The van der Waals surface area contributed by atoms with Crippen molar-refractivity contribution in [1.82, 2.24) is 10.2 Å². The first-order chi connectivity index (χ1) is 9.81. The summed E-state index contributed by atoms with van der Waals surface area (Å²) >= 11 is 0. The third-order valence-electron chi connectivity index (χ3n) is 4.94. The molecule has 0 aromatic carbocycles. The van der Waals surface area contributed by atoms with E-state index in [1.54, 1.807) is 0 Å². The van der Waals surface area contributed by atoms with E-state index >= 15 is 0 Å². The summed E-state index contributed by atoms with van der Waals surface area (Å²) in [6.07, 6.45) is 2.99. The minimum atomic E-state index is -0.757. The van der Waals surface area contributed by atoms with Gasteiger partial charge in [-0.25, -0.2) is 4.79 Å². The van der Waals surface area contributed by atoms with Crippen LogP contribution in [0.15, 0.2) is 0 Å². The molecule has 0 radical (unpaired) electrons. The van der Waals surface area contributed by atoms with E-state index in [0.717, 1.165) is 19.3 Å². The van der Waals surface area contributed by atoms with Crippen molar-refractivity contribution in [3.63, 3.8) is 0 Å². The van der Waals surface area contributed by atoms with Crippen molar-refractivity contribution in [2.45, 2.75) is 59.0 Å². The van der Waals surface area contributed by atoms with Crippen LogP contribution < -0.4 is 5.32 Å². The Morgan fingerprint density at radius 2 is 1.81 bits per heavy atom. The number of urea groups is 1. The Kier molecular flexibility index (Phi) is 4.79. The normalized spacial score (nSPS) is 31.0. The lowest BCUT2D eigenvalue weighted by atomic mass is 9.84. The maximum absolute atomic E-state index is 12.5. The zero-order chi connectivity index (χ0) is 15.7. The maximum Gasteiger partial charge on any atom is 0.317 e. The number of carbonyl (C=O) groups is 2. The smallest absolute Gasteiger partial charge is 0.317 e. The Morgan fingerprint density at radius 1 is 1.19 bits per heavy atom. The molecule has 0 heterocycles. The van der Waals surface area contributed by atoms with Gasteiger partial charge >= 0.3 is 12.0 Å². The van der Waals surface area contributed by atoms with E-state index in [9.17, 15) is 14.7 Å². The number of amides is 2. The molecule has 2 amide bonds. The summed E-state index contributed by atoms with van der Waals surface area (Å²) in [7, 11) is 0. The molecular formula is C16H28N2O3. The molecule has 2 fully saturated rings. The summed E-state index contributed by atoms with van der Waals surface area (Å²) in [5, 5.41) is 12.5. The molecule has 120 valence electrons. The first kappa shape index (κ1) is 16.1. The van der Waals surface area contributed by atoms with Gasteiger partial charge in [0.15, 0.2) is 0 Å². The van der Waals surface area contributed by atoms with Crippen molar-refractivity contribution >= 4 is 12.0 Å². The molecular weight excluding hydrogens is 268 g/mol. The van der Waals surface area contributed by atoms with Crippen molar-refractivity contribution in [2.75, 3.05) is 6.54 Å². The summed E-state index contributed by atoms with van der Waals surface area (Å²) < 4.78 is 0. The SMILES string of the molecule is CC(C)CN(C(=O)NC1C2CCC(C2)C1C(=O)O)C(C)C. The Labute approximate surface area is 127 Å². The molecule has 2 bridgehead atoms. The van der Waals surface area contributed by atoms with Gasteiger partial charge in [0.05, 0.1) is 5.92 Å². The van der Waals surface area contributed by atoms with E-state index in [2.05, 4.69) is 19.2 Å². The van der Waals surface area contributed by atoms with E-state index in [4.69, 9.17) is 0 Å². The average Bonchev–Trinajstić information content (AvgIpc) is 2.95. The zero-order valence-corrected chi connectivity index (χ0v) is 13.5. The minimum Gasteiger partial charge on any atom is -0.481 e. The Morgan fingerprint density at radius 3 is 2.33 bits per heavy atom. The van der Waals surface area contributed by atoms with E-state index < -0.39 is 11.9 Å². The summed E-state index contributed by atoms with van der Waals surface area (Å²) in [5.41, 5.74) is 0. The van der Waals surface area contributed by atoms with Gasteiger partial charge in [-0.15, -0.1) is 0 Å². The Balaban J connectivity index is 2.05. The summed E-state index contributed by atoms with van der Waals surface area (Å²) in [6, 6.07) is -0.182. The zero-order valence-electron chi connectivity index (χ0n) is 13.5. The molecule has 0 aliphatic heterocycles. The number of hydrogen-bond acceptors (Lipinski definition) is 2. The number of nitrogens with one attached hydrogen (secondary N) is 1. The number of carbonyl (C=O) groups excluding carboxylic acids is 1. The van der Waals surface area contributed by atoms with Crippen LogP contribution in [0.3, 0.4) is 0 Å². The van der Waals surface area contributed by atoms with Gasteiger partial charge in [-0.05, 0) is 50.9 Å². The molecule has 2 N–H and O–H groups in total. The minimum absolute atomic E-state index is 0.109. The van der Waals surface area contributed by atoms with Crippen LogP contribution in [0.1, 0.15) is 47.0 Å². The number of hydrogen-bond donors (Lipinski definition) is 2. The van der Waals surface area contributed by atoms with Crippen molar-refractivity contribution in [3.8, 4) is 0 Å². The molecule has 2 rings (SSSR count). The standard InChI is InChI=1S/C16H28N2O3/c1-9(2)8-18(10(3)4)16(21)17-14-12-6-5-11(7-12)13(14)15(19)20/h9-14H,5-8H2,1-4H3,(H,17,21)(H,19,20). The van der Waals surface area contributed by atoms with Gasteiger partial charge in [0.1, 0.15) is 0 Å². The first-order valence-electron chi connectivity index (χ1n) is 8.11. The van der Waals surface area contributed by atoms with Gasteiger partial charge in [-0.1, -0.05) is 13.8 Å². The first-order valence-corrected chi connectivity index (χ1v) is 8.11. The van der Waals surface area contributed by atoms with Gasteiger partial charge in [0.2, 0.25) is 0 Å². The van der Waals surface area contributed by atoms with Gasteiger partial charge in [-0.2, -0.15) is 0 Å². The molecule has 21 heavy (non-hydrogen) atoms. The van der Waals surface area contributed by atoms with Crippen LogP contribution in [-0.4, -0.2) is 40.6 Å². The fourth-order valence-electron chi connectivity index (χ4n) is 4.00. The topological polar surface area (TPSA) is 69.6 Å². The fraction of sp³-hybridized carbons (Fsp3) is 0.875. The monoisotopic (exact) mass is 296 g/mol. The van der Waals surface area contributed by atoms with Crippen LogP contribution in [0.4, 0.5) is 4.79 Å². The van der Waals surface area contributed by atoms with Crippen LogP contribution in [-0.2, 0) is 4.79 Å². The number of aliphatic carboxylic acids is 1. The third-order valence-corrected chi connectivity index (χ3v) is 4.94. The molecule has 5 heteroatoms. The summed E-state index contributed by atoms with van der Waals surface area (Å²) in [4.78, 5) is 25.9. The molecule has 2 saturated carbocycles. The largest absolute Gasteiger partial charge is 0.481 e. The molecule has 0 aromatic rings. The average molecular weight is 296 g/mol.